The van der Waals surface area contributed by atoms with E-state index in [1.807, 2.05) is 0 Å². The van der Waals surface area contributed by atoms with Crippen LogP contribution in [0.4, 0.5) is 17.6 Å². The standard InChI is InChI=1S/C26H22F4O/c1-3-4-5-16-31-22-15-14-21(25(29)26(22)30)19-11-7-18(8-12-19)9-13-20-10-6-17(2)23(27)24(20)28/h3,6-15H,1,4-5,16H2,2H3/b13-9+. The fraction of sp³-hybridized carbons (Fsp3) is 0.154. The van der Waals surface area contributed by atoms with Gasteiger partial charge in [-0.05, 0) is 48.6 Å². The van der Waals surface area contributed by atoms with Crippen LogP contribution in [-0.2, 0) is 0 Å². The Bertz CT molecular complexity index is 1100. The van der Waals surface area contributed by atoms with Gasteiger partial charge in [-0.1, -0.05) is 54.6 Å². The molecule has 0 bridgehead atoms. The van der Waals surface area contributed by atoms with Crippen molar-refractivity contribution in [3.05, 3.63) is 101 Å². The van der Waals surface area contributed by atoms with Crippen LogP contribution >= 0.6 is 0 Å². The number of rotatable bonds is 8. The van der Waals surface area contributed by atoms with Gasteiger partial charge in [0.05, 0.1) is 6.61 Å². The van der Waals surface area contributed by atoms with Crippen LogP contribution in [0.5, 0.6) is 5.75 Å². The predicted octanol–water partition coefficient (Wildman–Crippen LogP) is 7.73. The molecule has 0 aromatic heterocycles. The Morgan fingerprint density at radius 2 is 1.55 bits per heavy atom. The summed E-state index contributed by atoms with van der Waals surface area (Å²) in [6.45, 7) is 5.37. The maximum atomic E-state index is 14.5. The van der Waals surface area contributed by atoms with Gasteiger partial charge in [0.15, 0.2) is 23.2 Å². The van der Waals surface area contributed by atoms with E-state index < -0.39 is 23.3 Å². The van der Waals surface area contributed by atoms with Crippen molar-refractivity contribution in [1.29, 1.82) is 0 Å². The van der Waals surface area contributed by atoms with Crippen LogP contribution in [0.25, 0.3) is 23.3 Å². The molecule has 0 fully saturated rings. The lowest BCUT2D eigenvalue weighted by atomic mass is 10.0. The van der Waals surface area contributed by atoms with Gasteiger partial charge in [0.1, 0.15) is 0 Å². The molecule has 0 saturated heterocycles. The number of benzene rings is 3. The predicted molar refractivity (Wildman–Crippen MR) is 117 cm³/mol. The summed E-state index contributed by atoms with van der Waals surface area (Å²) in [6, 6.07) is 12.5. The number of allylic oxidation sites excluding steroid dienone is 1. The van der Waals surface area contributed by atoms with Crippen LogP contribution in [0.3, 0.4) is 0 Å². The van der Waals surface area contributed by atoms with Gasteiger partial charge in [0.25, 0.3) is 0 Å². The molecule has 0 saturated carbocycles. The van der Waals surface area contributed by atoms with Crippen molar-refractivity contribution in [3.63, 3.8) is 0 Å². The molecule has 1 nitrogen and oxygen atoms in total. The van der Waals surface area contributed by atoms with Gasteiger partial charge in [0, 0.05) is 11.1 Å². The topological polar surface area (TPSA) is 9.23 Å². The van der Waals surface area contributed by atoms with Gasteiger partial charge in [-0.3, -0.25) is 0 Å². The molecule has 3 aromatic carbocycles. The molecule has 160 valence electrons. The van der Waals surface area contributed by atoms with Crippen molar-refractivity contribution in [2.75, 3.05) is 6.61 Å². The van der Waals surface area contributed by atoms with E-state index in [1.165, 1.54) is 37.3 Å². The molecule has 0 aliphatic carbocycles. The first-order chi connectivity index (χ1) is 14.9. The van der Waals surface area contributed by atoms with E-state index in [2.05, 4.69) is 6.58 Å². The summed E-state index contributed by atoms with van der Waals surface area (Å²) < 4.78 is 61.8. The molecule has 0 radical (unpaired) electrons. The molecule has 3 aromatic rings. The van der Waals surface area contributed by atoms with Crippen molar-refractivity contribution in [2.24, 2.45) is 0 Å². The van der Waals surface area contributed by atoms with Gasteiger partial charge in [-0.2, -0.15) is 4.39 Å². The Labute approximate surface area is 179 Å². The molecule has 0 N–H and O–H groups in total. The smallest absolute Gasteiger partial charge is 0.201 e. The van der Waals surface area contributed by atoms with Crippen LogP contribution in [-0.4, -0.2) is 6.61 Å². The van der Waals surface area contributed by atoms with Crippen molar-refractivity contribution in [1.82, 2.24) is 0 Å². The lowest BCUT2D eigenvalue weighted by molar-refractivity contribution is 0.291. The van der Waals surface area contributed by atoms with Crippen molar-refractivity contribution < 1.29 is 22.3 Å². The maximum absolute atomic E-state index is 14.5. The van der Waals surface area contributed by atoms with Crippen LogP contribution in [0.1, 0.15) is 29.5 Å². The molecule has 0 heterocycles. The van der Waals surface area contributed by atoms with Crippen LogP contribution in [0.2, 0.25) is 0 Å². The summed E-state index contributed by atoms with van der Waals surface area (Å²) >= 11 is 0. The van der Waals surface area contributed by atoms with E-state index in [-0.39, 0.29) is 29.0 Å². The molecule has 0 amide bonds. The summed E-state index contributed by atoms with van der Waals surface area (Å²) in [5.74, 6) is -3.92. The fourth-order valence-electron chi connectivity index (χ4n) is 3.03. The Morgan fingerprint density at radius 3 is 2.26 bits per heavy atom. The van der Waals surface area contributed by atoms with E-state index in [1.54, 1.807) is 36.4 Å². The van der Waals surface area contributed by atoms with Gasteiger partial charge in [-0.25, -0.2) is 13.2 Å². The number of hydrogen-bond donors (Lipinski definition) is 0. The summed E-state index contributed by atoms with van der Waals surface area (Å²) in [6.07, 6.45) is 6.21. The highest BCUT2D eigenvalue weighted by Crippen LogP contribution is 2.30. The first-order valence-electron chi connectivity index (χ1n) is 9.87. The highest BCUT2D eigenvalue weighted by atomic mass is 19.2. The summed E-state index contributed by atoms with van der Waals surface area (Å²) in [5, 5.41) is 0. The van der Waals surface area contributed by atoms with E-state index in [4.69, 9.17) is 4.74 Å². The SMILES string of the molecule is C=CCCCOc1ccc(-c2ccc(/C=C/c3ccc(C)c(F)c3F)cc2)c(F)c1F. The molecular formula is C26H22F4O. The van der Waals surface area contributed by atoms with Gasteiger partial charge in [0.2, 0.25) is 5.82 Å². The molecule has 0 spiro atoms. The van der Waals surface area contributed by atoms with Crippen LogP contribution < -0.4 is 4.74 Å². The number of ether oxygens (including phenoxy) is 1. The van der Waals surface area contributed by atoms with E-state index in [0.717, 1.165) is 6.42 Å². The highest BCUT2D eigenvalue weighted by Gasteiger charge is 2.15. The third-order valence-corrected chi connectivity index (χ3v) is 4.84. The normalized spacial score (nSPS) is 11.1. The Morgan fingerprint density at radius 1 is 0.806 bits per heavy atom. The summed E-state index contributed by atoms with van der Waals surface area (Å²) in [5.41, 5.74) is 1.66. The van der Waals surface area contributed by atoms with Crippen molar-refractivity contribution in [2.45, 2.75) is 19.8 Å². The summed E-state index contributed by atoms with van der Waals surface area (Å²) in [7, 11) is 0. The molecule has 3 rings (SSSR count). The lowest BCUT2D eigenvalue weighted by Crippen LogP contribution is -2.01. The Hall–Kier alpha value is -3.34. The Balaban J connectivity index is 1.76. The first-order valence-corrected chi connectivity index (χ1v) is 9.87. The highest BCUT2D eigenvalue weighted by molar-refractivity contribution is 5.73. The molecule has 0 aliphatic heterocycles. The maximum Gasteiger partial charge on any atom is 0.201 e. The molecular weight excluding hydrogens is 404 g/mol. The average Bonchev–Trinajstić information content (AvgIpc) is 2.78. The molecule has 0 unspecified atom stereocenters. The first kappa shape index (κ1) is 22.3. The second-order valence-corrected chi connectivity index (χ2v) is 7.07. The average molecular weight is 426 g/mol. The molecule has 0 aliphatic rings. The third-order valence-electron chi connectivity index (χ3n) is 4.84. The monoisotopic (exact) mass is 426 g/mol. The number of hydrogen-bond acceptors (Lipinski definition) is 1. The Kier molecular flexibility index (Phi) is 7.29. The number of aryl methyl sites for hydroxylation is 1. The van der Waals surface area contributed by atoms with Gasteiger partial charge < -0.3 is 4.74 Å². The van der Waals surface area contributed by atoms with Crippen molar-refractivity contribution in [3.8, 4) is 16.9 Å². The molecule has 0 atom stereocenters. The van der Waals surface area contributed by atoms with Gasteiger partial charge in [-0.15, -0.1) is 6.58 Å². The van der Waals surface area contributed by atoms with Crippen molar-refractivity contribution >= 4 is 12.2 Å². The number of unbranched alkanes of at least 4 members (excludes halogenated alkanes) is 1. The van der Waals surface area contributed by atoms with Crippen LogP contribution in [0.15, 0.2) is 61.2 Å². The zero-order chi connectivity index (χ0) is 22.4. The zero-order valence-electron chi connectivity index (χ0n) is 17.1. The quantitative estimate of drug-likeness (QED) is 0.155. The van der Waals surface area contributed by atoms with E-state index >= 15 is 0 Å². The van der Waals surface area contributed by atoms with Gasteiger partial charge >= 0.3 is 0 Å². The largest absolute Gasteiger partial charge is 0.490 e. The fourth-order valence-corrected chi connectivity index (χ4v) is 3.03. The minimum atomic E-state index is -1.03. The minimum absolute atomic E-state index is 0.109. The second-order valence-electron chi connectivity index (χ2n) is 7.07. The third kappa shape index (κ3) is 5.23. The van der Waals surface area contributed by atoms with E-state index in [0.29, 0.717) is 17.5 Å². The van der Waals surface area contributed by atoms with E-state index in [9.17, 15) is 17.6 Å². The molecule has 31 heavy (non-hydrogen) atoms. The second kappa shape index (κ2) is 10.1. The minimum Gasteiger partial charge on any atom is -0.490 e. The van der Waals surface area contributed by atoms with Crippen LogP contribution in [0, 0.1) is 30.2 Å². The summed E-state index contributed by atoms with van der Waals surface area (Å²) in [4.78, 5) is 0. The number of halogens is 4. The lowest BCUT2D eigenvalue weighted by Gasteiger charge is -2.10. The zero-order valence-corrected chi connectivity index (χ0v) is 17.1. The molecule has 5 heteroatoms.